The van der Waals surface area contributed by atoms with E-state index in [-0.39, 0.29) is 18.1 Å². The predicted octanol–water partition coefficient (Wildman–Crippen LogP) is 0.399. The van der Waals surface area contributed by atoms with E-state index in [2.05, 4.69) is 25.3 Å². The van der Waals surface area contributed by atoms with E-state index in [4.69, 9.17) is 0 Å². The summed E-state index contributed by atoms with van der Waals surface area (Å²) < 4.78 is 38.0. The van der Waals surface area contributed by atoms with Crippen LogP contribution in [-0.2, 0) is 10.0 Å². The molecular formula is C10H18FN5O2S. The molecular weight excluding hydrogens is 273 g/mol. The topological polar surface area (TPSA) is 96.0 Å². The van der Waals surface area contributed by atoms with E-state index in [0.29, 0.717) is 12.5 Å². The zero-order chi connectivity index (χ0) is 14.3. The number of anilines is 2. The summed E-state index contributed by atoms with van der Waals surface area (Å²) in [6.07, 6.45) is 1.93. The molecule has 0 unspecified atom stereocenters. The van der Waals surface area contributed by atoms with Gasteiger partial charge in [-0.25, -0.2) is 22.5 Å². The first kappa shape index (κ1) is 15.6. The van der Waals surface area contributed by atoms with Crippen molar-refractivity contribution in [2.75, 3.05) is 36.5 Å². The Balaban J connectivity index is 2.61. The molecule has 0 aliphatic rings. The van der Waals surface area contributed by atoms with Crippen LogP contribution < -0.4 is 15.4 Å². The summed E-state index contributed by atoms with van der Waals surface area (Å²) >= 11 is 0. The van der Waals surface area contributed by atoms with E-state index in [0.717, 1.165) is 12.6 Å². The Labute approximate surface area is 112 Å². The molecule has 3 N–H and O–H groups in total. The van der Waals surface area contributed by atoms with Gasteiger partial charge in [-0.15, -0.1) is 0 Å². The number of hydrogen-bond donors (Lipinski definition) is 3. The third-order valence-electron chi connectivity index (χ3n) is 2.25. The molecule has 0 saturated carbocycles. The van der Waals surface area contributed by atoms with Gasteiger partial charge in [-0.1, -0.05) is 6.92 Å². The van der Waals surface area contributed by atoms with Crippen molar-refractivity contribution in [3.05, 3.63) is 12.0 Å². The molecule has 9 heteroatoms. The van der Waals surface area contributed by atoms with Crippen molar-refractivity contribution in [2.45, 2.75) is 13.3 Å². The first-order chi connectivity index (χ1) is 8.98. The largest absolute Gasteiger partial charge is 0.366 e. The van der Waals surface area contributed by atoms with Crippen LogP contribution in [0.25, 0.3) is 0 Å². The predicted molar refractivity (Wildman–Crippen MR) is 72.1 cm³/mol. The molecule has 0 aromatic carbocycles. The van der Waals surface area contributed by atoms with Gasteiger partial charge in [0.2, 0.25) is 16.0 Å². The maximum absolute atomic E-state index is 13.4. The smallest absolute Gasteiger partial charge is 0.224 e. The van der Waals surface area contributed by atoms with Crippen molar-refractivity contribution >= 4 is 21.8 Å². The zero-order valence-electron chi connectivity index (χ0n) is 10.9. The van der Waals surface area contributed by atoms with Crippen LogP contribution in [0.5, 0.6) is 0 Å². The lowest BCUT2D eigenvalue weighted by Gasteiger charge is -2.09. The molecule has 0 saturated heterocycles. The fourth-order valence-corrected chi connectivity index (χ4v) is 1.79. The highest BCUT2D eigenvalue weighted by molar-refractivity contribution is 7.89. The van der Waals surface area contributed by atoms with Gasteiger partial charge in [-0.05, 0) is 13.5 Å². The van der Waals surface area contributed by atoms with Gasteiger partial charge in [0.1, 0.15) is 0 Å². The Hall–Kier alpha value is -1.48. The summed E-state index contributed by atoms with van der Waals surface area (Å²) in [5.41, 5.74) is 0. The summed E-state index contributed by atoms with van der Waals surface area (Å²) in [5, 5.41) is 5.56. The van der Waals surface area contributed by atoms with Crippen LogP contribution in [0.1, 0.15) is 13.3 Å². The maximum Gasteiger partial charge on any atom is 0.224 e. The number of aromatic nitrogens is 2. The van der Waals surface area contributed by atoms with Gasteiger partial charge in [0, 0.05) is 13.1 Å². The molecule has 1 aromatic rings. The second-order valence-corrected chi connectivity index (χ2v) is 5.81. The SMILES string of the molecule is CCCNc1ncc(F)c(NCCS(=O)(=O)NC)n1. The quantitative estimate of drug-likeness (QED) is 0.641. The average Bonchev–Trinajstić information content (AvgIpc) is 2.39. The molecule has 7 nitrogen and oxygen atoms in total. The van der Waals surface area contributed by atoms with E-state index >= 15 is 0 Å². The van der Waals surface area contributed by atoms with Gasteiger partial charge in [0.05, 0.1) is 11.9 Å². The molecule has 0 spiro atoms. The third-order valence-corrected chi connectivity index (χ3v) is 3.62. The lowest BCUT2D eigenvalue weighted by Crippen LogP contribution is -2.26. The molecule has 0 aliphatic heterocycles. The Kier molecular flexibility index (Phi) is 5.90. The standard InChI is InChI=1S/C10H18FN5O2S/c1-3-4-14-10-15-7-8(11)9(16-10)13-5-6-19(17,18)12-2/h7,12H,3-6H2,1-2H3,(H2,13,14,15,16). The van der Waals surface area contributed by atoms with Crippen LogP contribution in [0.2, 0.25) is 0 Å². The van der Waals surface area contributed by atoms with Crippen molar-refractivity contribution in [1.82, 2.24) is 14.7 Å². The molecule has 0 bridgehead atoms. The molecule has 1 rings (SSSR count). The normalized spacial score (nSPS) is 11.3. The minimum Gasteiger partial charge on any atom is -0.366 e. The lowest BCUT2D eigenvalue weighted by atomic mass is 10.5. The molecule has 0 aliphatic carbocycles. The molecule has 0 atom stereocenters. The van der Waals surface area contributed by atoms with Gasteiger partial charge >= 0.3 is 0 Å². The van der Waals surface area contributed by atoms with Crippen LogP contribution in [0.15, 0.2) is 6.20 Å². The Morgan fingerprint density at radius 2 is 2.05 bits per heavy atom. The van der Waals surface area contributed by atoms with Gasteiger partial charge < -0.3 is 10.6 Å². The Bertz CT molecular complexity index is 509. The van der Waals surface area contributed by atoms with Crippen LogP contribution in [-0.4, -0.2) is 44.3 Å². The molecule has 0 amide bonds. The monoisotopic (exact) mass is 291 g/mol. The maximum atomic E-state index is 13.4. The Morgan fingerprint density at radius 3 is 2.68 bits per heavy atom. The molecule has 19 heavy (non-hydrogen) atoms. The van der Waals surface area contributed by atoms with Crippen LogP contribution >= 0.6 is 0 Å². The number of sulfonamides is 1. The van der Waals surface area contributed by atoms with Gasteiger partial charge in [0.25, 0.3) is 0 Å². The van der Waals surface area contributed by atoms with E-state index < -0.39 is 15.8 Å². The van der Waals surface area contributed by atoms with Crippen molar-refractivity contribution in [2.24, 2.45) is 0 Å². The molecule has 108 valence electrons. The fraction of sp³-hybridized carbons (Fsp3) is 0.600. The van der Waals surface area contributed by atoms with Crippen LogP contribution in [0, 0.1) is 5.82 Å². The number of rotatable bonds is 8. The van der Waals surface area contributed by atoms with E-state index in [1.165, 1.54) is 7.05 Å². The molecule has 0 fully saturated rings. The van der Waals surface area contributed by atoms with Gasteiger partial charge in [-0.2, -0.15) is 4.98 Å². The summed E-state index contributed by atoms with van der Waals surface area (Å²) in [5.74, 6) is -0.490. The summed E-state index contributed by atoms with van der Waals surface area (Å²) in [4.78, 5) is 7.71. The van der Waals surface area contributed by atoms with Gasteiger partial charge in [-0.3, -0.25) is 0 Å². The van der Waals surface area contributed by atoms with E-state index in [9.17, 15) is 12.8 Å². The third kappa shape index (κ3) is 5.35. The van der Waals surface area contributed by atoms with E-state index in [1.807, 2.05) is 6.92 Å². The number of nitrogens with zero attached hydrogens (tertiary/aromatic N) is 2. The highest BCUT2D eigenvalue weighted by Gasteiger charge is 2.09. The molecule has 1 aromatic heterocycles. The number of halogens is 1. The summed E-state index contributed by atoms with van der Waals surface area (Å²) in [6, 6.07) is 0. The first-order valence-corrected chi connectivity index (χ1v) is 7.55. The Morgan fingerprint density at radius 1 is 1.32 bits per heavy atom. The van der Waals surface area contributed by atoms with E-state index in [1.54, 1.807) is 0 Å². The van der Waals surface area contributed by atoms with Crippen molar-refractivity contribution in [3.63, 3.8) is 0 Å². The van der Waals surface area contributed by atoms with Crippen molar-refractivity contribution < 1.29 is 12.8 Å². The highest BCUT2D eigenvalue weighted by atomic mass is 32.2. The number of nitrogens with one attached hydrogen (secondary N) is 3. The second-order valence-electron chi connectivity index (χ2n) is 3.77. The minimum absolute atomic E-state index is 0.0140. The fourth-order valence-electron chi connectivity index (χ4n) is 1.22. The molecule has 0 radical (unpaired) electrons. The summed E-state index contributed by atoms with van der Waals surface area (Å²) in [7, 11) is -1.99. The van der Waals surface area contributed by atoms with Crippen LogP contribution in [0.3, 0.4) is 0 Å². The minimum atomic E-state index is -3.32. The second kappa shape index (κ2) is 7.19. The molecule has 1 heterocycles. The highest BCUT2D eigenvalue weighted by Crippen LogP contribution is 2.11. The first-order valence-electron chi connectivity index (χ1n) is 5.90. The zero-order valence-corrected chi connectivity index (χ0v) is 11.7. The lowest BCUT2D eigenvalue weighted by molar-refractivity contribution is 0.588. The average molecular weight is 291 g/mol. The number of hydrogen-bond acceptors (Lipinski definition) is 6. The van der Waals surface area contributed by atoms with Crippen molar-refractivity contribution in [3.8, 4) is 0 Å². The van der Waals surface area contributed by atoms with Crippen LogP contribution in [0.4, 0.5) is 16.2 Å². The van der Waals surface area contributed by atoms with Crippen molar-refractivity contribution in [1.29, 1.82) is 0 Å². The summed E-state index contributed by atoms with van der Waals surface area (Å²) in [6.45, 7) is 2.72. The van der Waals surface area contributed by atoms with Gasteiger partial charge in [0.15, 0.2) is 11.6 Å².